The number of unbranched alkanes of at least 4 members (excludes halogenated alkanes) is 51. The van der Waals surface area contributed by atoms with Gasteiger partial charge < -0.3 is 33.8 Å². The van der Waals surface area contributed by atoms with E-state index in [-0.39, 0.29) is 25.7 Å². The Morgan fingerprint density at radius 3 is 0.673 bits per heavy atom. The number of phosphoric acid groups is 2. The molecular formula is C82H160O17P2. The molecule has 0 saturated heterocycles. The van der Waals surface area contributed by atoms with Crippen LogP contribution in [0.2, 0.25) is 0 Å². The van der Waals surface area contributed by atoms with E-state index in [1.165, 1.54) is 250 Å². The molecule has 0 fully saturated rings. The van der Waals surface area contributed by atoms with Gasteiger partial charge in [-0.3, -0.25) is 37.3 Å². The van der Waals surface area contributed by atoms with Gasteiger partial charge in [-0.1, -0.05) is 382 Å². The van der Waals surface area contributed by atoms with Crippen molar-refractivity contribution < 1.29 is 80.2 Å². The summed E-state index contributed by atoms with van der Waals surface area (Å²) in [4.78, 5) is 73.1. The lowest BCUT2D eigenvalue weighted by molar-refractivity contribution is -0.161. The predicted octanol–water partition coefficient (Wildman–Crippen LogP) is 24.7. The Morgan fingerprint density at radius 2 is 0.455 bits per heavy atom. The molecule has 0 aliphatic carbocycles. The average molecular weight is 1480 g/mol. The average Bonchev–Trinajstić information content (AvgIpc) is 1.02. The molecule has 0 rings (SSSR count). The fourth-order valence-electron chi connectivity index (χ4n) is 12.7. The van der Waals surface area contributed by atoms with Gasteiger partial charge in [0.25, 0.3) is 0 Å². The Morgan fingerprint density at radius 1 is 0.267 bits per heavy atom. The van der Waals surface area contributed by atoms with Crippen molar-refractivity contribution in [3.63, 3.8) is 0 Å². The van der Waals surface area contributed by atoms with Gasteiger partial charge in [-0.05, 0) is 37.5 Å². The Bertz CT molecular complexity index is 1940. The van der Waals surface area contributed by atoms with E-state index in [2.05, 4.69) is 41.5 Å². The molecule has 0 spiro atoms. The van der Waals surface area contributed by atoms with Gasteiger partial charge >= 0.3 is 39.5 Å². The molecule has 0 aromatic carbocycles. The molecule has 17 nitrogen and oxygen atoms in total. The lowest BCUT2D eigenvalue weighted by Crippen LogP contribution is -2.30. The highest BCUT2D eigenvalue weighted by Gasteiger charge is 2.30. The standard InChI is InChI=1S/C82H160O17P2/c1-7-9-11-13-15-17-19-21-22-23-24-29-36-42-48-54-60-66-81(86)98-78(71-93-80(85)65-59-53-47-41-35-30-25-27-32-38-44-50-56-62-74(3)4)73-97-101(90,91)95-69-76(83)68-94-100(88,89)96-72-77(70-92-79(84)64-58-52-46-40-34-20-18-16-14-12-10-8-2)99-82(87)67-61-55-49-43-37-31-26-28-33-39-45-51-57-63-75(5)6/h74-78,83H,7-73H2,1-6H3,(H,88,89)(H,90,91)/t76-,77+,78+/m0/s1. The molecule has 3 N–H and O–H groups in total. The van der Waals surface area contributed by atoms with Crippen molar-refractivity contribution in [2.45, 2.75) is 452 Å². The van der Waals surface area contributed by atoms with Crippen LogP contribution in [-0.4, -0.2) is 96.7 Å². The summed E-state index contributed by atoms with van der Waals surface area (Å²) in [5.41, 5.74) is 0. The first-order chi connectivity index (χ1) is 48.9. The third-order valence-electron chi connectivity index (χ3n) is 19.2. The molecule has 5 atom stereocenters. The minimum atomic E-state index is -4.96. The lowest BCUT2D eigenvalue weighted by atomic mass is 10.0. The van der Waals surface area contributed by atoms with Crippen LogP contribution in [-0.2, 0) is 65.4 Å². The Kier molecular flexibility index (Phi) is 72.2. The molecule has 19 heteroatoms. The summed E-state index contributed by atoms with van der Waals surface area (Å²) >= 11 is 0. The maximum atomic E-state index is 13.1. The number of ether oxygens (including phenoxy) is 4. The van der Waals surface area contributed by atoms with E-state index in [1.54, 1.807) is 0 Å². The maximum Gasteiger partial charge on any atom is 0.472 e. The largest absolute Gasteiger partial charge is 0.472 e. The topological polar surface area (TPSA) is 237 Å². The second-order valence-electron chi connectivity index (χ2n) is 30.5. The van der Waals surface area contributed by atoms with E-state index in [0.717, 1.165) is 102 Å². The van der Waals surface area contributed by atoms with Crippen LogP contribution in [0.4, 0.5) is 0 Å². The number of aliphatic hydroxyl groups excluding tert-OH is 1. The summed E-state index contributed by atoms with van der Waals surface area (Å²) in [5, 5.41) is 10.7. The van der Waals surface area contributed by atoms with Crippen molar-refractivity contribution >= 4 is 39.5 Å². The van der Waals surface area contributed by atoms with E-state index in [4.69, 9.17) is 37.0 Å². The Labute approximate surface area is 619 Å². The van der Waals surface area contributed by atoms with Crippen molar-refractivity contribution in [1.29, 1.82) is 0 Å². The number of aliphatic hydroxyl groups is 1. The number of phosphoric ester groups is 2. The summed E-state index contributed by atoms with van der Waals surface area (Å²) in [5.74, 6) is -0.526. The van der Waals surface area contributed by atoms with Crippen LogP contribution in [0.15, 0.2) is 0 Å². The number of hydrogen-bond donors (Lipinski definition) is 3. The van der Waals surface area contributed by atoms with Gasteiger partial charge in [0.1, 0.15) is 19.3 Å². The number of rotatable bonds is 81. The summed E-state index contributed by atoms with van der Waals surface area (Å²) in [6.07, 6.45) is 63.6. The van der Waals surface area contributed by atoms with E-state index in [1.807, 2.05) is 0 Å². The third-order valence-corrected chi connectivity index (χ3v) is 21.1. The quantitative estimate of drug-likeness (QED) is 0.0222. The summed E-state index contributed by atoms with van der Waals surface area (Å²) in [6, 6.07) is 0. The van der Waals surface area contributed by atoms with E-state index < -0.39 is 97.5 Å². The molecule has 0 aromatic heterocycles. The highest BCUT2D eigenvalue weighted by Crippen LogP contribution is 2.45. The molecule has 0 heterocycles. The van der Waals surface area contributed by atoms with Crippen LogP contribution in [0.5, 0.6) is 0 Å². The second-order valence-corrected chi connectivity index (χ2v) is 33.4. The molecule has 2 unspecified atom stereocenters. The number of carbonyl (C=O) groups excluding carboxylic acids is 4. The summed E-state index contributed by atoms with van der Waals surface area (Å²) < 4.78 is 68.8. The molecule has 0 aromatic rings. The monoisotopic (exact) mass is 1480 g/mol. The summed E-state index contributed by atoms with van der Waals surface area (Å²) in [7, 11) is -9.92. The van der Waals surface area contributed by atoms with Crippen molar-refractivity contribution in [1.82, 2.24) is 0 Å². The molecule has 0 saturated carbocycles. The fraction of sp³-hybridized carbons (Fsp3) is 0.951. The minimum Gasteiger partial charge on any atom is -0.462 e. The van der Waals surface area contributed by atoms with Crippen LogP contribution in [0.25, 0.3) is 0 Å². The first kappa shape index (κ1) is 99.1. The van der Waals surface area contributed by atoms with Crippen LogP contribution >= 0.6 is 15.6 Å². The molecular weight excluding hydrogens is 1320 g/mol. The zero-order valence-electron chi connectivity index (χ0n) is 66.2. The van der Waals surface area contributed by atoms with Gasteiger partial charge in [-0.2, -0.15) is 0 Å². The predicted molar refractivity (Wildman–Crippen MR) is 414 cm³/mol. The minimum absolute atomic E-state index is 0.108. The van der Waals surface area contributed by atoms with Crippen molar-refractivity contribution in [2.75, 3.05) is 39.6 Å². The van der Waals surface area contributed by atoms with Crippen LogP contribution in [0.3, 0.4) is 0 Å². The third kappa shape index (κ3) is 76.1. The Balaban J connectivity index is 5.27. The van der Waals surface area contributed by atoms with Crippen LogP contribution in [0, 0.1) is 11.8 Å². The fourth-order valence-corrected chi connectivity index (χ4v) is 14.3. The zero-order chi connectivity index (χ0) is 74.2. The van der Waals surface area contributed by atoms with E-state index in [0.29, 0.717) is 25.7 Å². The molecule has 0 amide bonds. The smallest absolute Gasteiger partial charge is 0.462 e. The molecule has 0 aliphatic heterocycles. The molecule has 0 aliphatic rings. The number of esters is 4. The normalized spacial score (nSPS) is 13.9. The van der Waals surface area contributed by atoms with Gasteiger partial charge in [0.05, 0.1) is 26.4 Å². The summed E-state index contributed by atoms with van der Waals surface area (Å²) in [6.45, 7) is 9.69. The highest BCUT2D eigenvalue weighted by molar-refractivity contribution is 7.47. The van der Waals surface area contributed by atoms with Gasteiger partial charge in [-0.25, -0.2) is 9.13 Å². The molecule has 0 radical (unpaired) electrons. The lowest BCUT2D eigenvalue weighted by Gasteiger charge is -2.21. The van der Waals surface area contributed by atoms with Crippen LogP contribution in [0.1, 0.15) is 433 Å². The van der Waals surface area contributed by atoms with Gasteiger partial charge in [0, 0.05) is 25.7 Å². The van der Waals surface area contributed by atoms with E-state index in [9.17, 15) is 43.2 Å². The van der Waals surface area contributed by atoms with Gasteiger partial charge in [0.2, 0.25) is 0 Å². The first-order valence-electron chi connectivity index (χ1n) is 42.5. The SMILES string of the molecule is CCCCCCCCCCCCCCCCCCCC(=O)O[C@H](COC(=O)CCCCCCCCCCCCCCCC(C)C)COP(=O)(O)OC[C@@H](O)COP(=O)(O)OC[C@@H](COC(=O)CCCCCCCCCCCCCC)OC(=O)CCCCCCCCCCCCCCCC(C)C. The van der Waals surface area contributed by atoms with Gasteiger partial charge in [0.15, 0.2) is 12.2 Å². The maximum absolute atomic E-state index is 13.1. The first-order valence-corrected chi connectivity index (χ1v) is 45.5. The van der Waals surface area contributed by atoms with Crippen LogP contribution < -0.4 is 0 Å². The van der Waals surface area contributed by atoms with Crippen molar-refractivity contribution in [2.24, 2.45) is 11.8 Å². The highest BCUT2D eigenvalue weighted by atomic mass is 31.2. The molecule has 600 valence electrons. The van der Waals surface area contributed by atoms with Gasteiger partial charge in [-0.15, -0.1) is 0 Å². The van der Waals surface area contributed by atoms with Crippen molar-refractivity contribution in [3.05, 3.63) is 0 Å². The number of hydrogen-bond acceptors (Lipinski definition) is 15. The number of carbonyl (C=O) groups is 4. The second kappa shape index (κ2) is 73.6. The zero-order valence-corrected chi connectivity index (χ0v) is 68.0. The Hall–Kier alpha value is -1.94. The van der Waals surface area contributed by atoms with E-state index >= 15 is 0 Å². The molecule has 101 heavy (non-hydrogen) atoms. The molecule has 0 bridgehead atoms. The van der Waals surface area contributed by atoms with Crippen molar-refractivity contribution in [3.8, 4) is 0 Å².